The van der Waals surface area contributed by atoms with Gasteiger partial charge in [-0.1, -0.05) is 183 Å². The number of hydrogen-bond donors (Lipinski definition) is 3. The fraction of sp³-hybridized carbons (Fsp3) is 0.902. The first-order valence-corrected chi connectivity index (χ1v) is 41.1. The van der Waals surface area contributed by atoms with Crippen molar-refractivity contribution >= 4 is 47.9 Å². The second-order valence-corrected chi connectivity index (χ2v) is 37.5. The number of fused-ring (bicyclic) bond motifs is 5. The van der Waals surface area contributed by atoms with Crippen molar-refractivity contribution in [1.82, 2.24) is 30.7 Å². The van der Waals surface area contributed by atoms with Crippen LogP contribution in [0.5, 0.6) is 0 Å². The lowest BCUT2D eigenvalue weighted by Crippen LogP contribution is -2.60. The molecule has 9 atom stereocenters. The second kappa shape index (κ2) is 41.0. The maximum atomic E-state index is 14.6. The van der Waals surface area contributed by atoms with Crippen LogP contribution < -0.4 is 16.0 Å². The number of carbonyl (C=O) groups excluding carboxylic acids is 6. The van der Waals surface area contributed by atoms with Gasteiger partial charge >= 0.3 is 24.4 Å². The number of amides is 6. The highest BCUT2D eigenvalue weighted by molar-refractivity contribution is 8.00. The van der Waals surface area contributed by atoms with Crippen molar-refractivity contribution < 1.29 is 47.7 Å². The van der Waals surface area contributed by atoms with E-state index in [0.717, 1.165) is 62.7 Å². The van der Waals surface area contributed by atoms with Gasteiger partial charge in [-0.3, -0.25) is 14.5 Å². The van der Waals surface area contributed by atoms with Crippen molar-refractivity contribution in [3.8, 4) is 0 Å². The molecule has 0 saturated heterocycles. The van der Waals surface area contributed by atoms with Crippen LogP contribution >= 0.6 is 11.8 Å². The molecule has 0 aliphatic heterocycles. The van der Waals surface area contributed by atoms with Gasteiger partial charge in [-0.25, -0.2) is 19.2 Å². The standard InChI is InChI=1S/C82H150N6O10S/c1-21-22-23-24-25-26-27-28-29-30-31-32-33-34-35-36-52-83-70(90)67(61-99-65-46-48-79(17)64(59-65)44-45-68-81(19)49-47-66(63(4)43-39-42-62(2)3)80(81,18)50-51-82(68,79)20)85-69(89)60-88(74(94)98-78(14,15)16)58-41-57-87(73(93)97-77(11,12)13)55-38-37-54-86(72(92)96-76(8,9)10)56-40-53-84-71(91)95-75(5,6)7/h44,62-63,65-68H,21-43,45-61H2,1-20H3,(H,83,90)(H,84,91)(H,85,89)/t63-,65-,66-,67+,68+,79+,80-,81+,82+/m1/s1. The van der Waals surface area contributed by atoms with Crippen LogP contribution in [0, 0.1) is 45.3 Å². The first kappa shape index (κ1) is 87.5. The lowest BCUT2D eigenvalue weighted by Gasteiger charge is -2.68. The summed E-state index contributed by atoms with van der Waals surface area (Å²) < 4.78 is 22.9. The van der Waals surface area contributed by atoms with Crippen LogP contribution in [-0.4, -0.2) is 143 Å². The van der Waals surface area contributed by atoms with Crippen LogP contribution in [0.1, 0.15) is 338 Å². The Kier molecular flexibility index (Phi) is 36.2. The fourth-order valence-corrected chi connectivity index (χ4v) is 18.4. The molecule has 4 aliphatic carbocycles. The molecule has 0 heterocycles. The zero-order valence-corrected chi connectivity index (χ0v) is 68.0. The van der Waals surface area contributed by atoms with Crippen molar-refractivity contribution in [2.24, 2.45) is 45.3 Å². The molecule has 0 bridgehead atoms. The predicted octanol–water partition coefficient (Wildman–Crippen LogP) is 20.6. The van der Waals surface area contributed by atoms with Gasteiger partial charge in [-0.05, 0) is 212 Å². The monoisotopic (exact) mass is 1410 g/mol. The lowest BCUT2D eigenvalue weighted by molar-refractivity contribution is -0.161. The number of unbranched alkanes of at least 4 members (excludes halogenated alkanes) is 16. The Bertz CT molecular complexity index is 2480. The summed E-state index contributed by atoms with van der Waals surface area (Å²) in [6.45, 7) is 43.6. The second-order valence-electron chi connectivity index (χ2n) is 36.1. The maximum Gasteiger partial charge on any atom is 0.410 e. The lowest BCUT2D eigenvalue weighted by atomic mass is 9.37. The van der Waals surface area contributed by atoms with E-state index in [4.69, 9.17) is 18.9 Å². The van der Waals surface area contributed by atoms with Gasteiger partial charge in [0.2, 0.25) is 11.8 Å². The Balaban J connectivity index is 1.45. The van der Waals surface area contributed by atoms with E-state index >= 15 is 0 Å². The topological polar surface area (TPSA) is 185 Å². The van der Waals surface area contributed by atoms with Gasteiger partial charge < -0.3 is 44.7 Å². The Hall–Kier alpha value is -3.89. The molecule has 99 heavy (non-hydrogen) atoms. The number of rotatable bonds is 42. The first-order chi connectivity index (χ1) is 46.3. The van der Waals surface area contributed by atoms with Crippen LogP contribution in [0.3, 0.4) is 0 Å². The van der Waals surface area contributed by atoms with Gasteiger partial charge in [0.15, 0.2) is 0 Å². The molecular weight excluding hydrogens is 1260 g/mol. The average molecular weight is 1410 g/mol. The summed E-state index contributed by atoms with van der Waals surface area (Å²) in [6.07, 6.45) is 36.3. The van der Waals surface area contributed by atoms with E-state index in [-0.39, 0.29) is 36.4 Å². The minimum absolute atomic E-state index is 0.0858. The quantitative estimate of drug-likeness (QED) is 0.0300. The number of carbonyl (C=O) groups is 6. The largest absolute Gasteiger partial charge is 0.444 e. The van der Waals surface area contributed by atoms with Gasteiger partial charge in [0.1, 0.15) is 35.0 Å². The van der Waals surface area contributed by atoms with Crippen molar-refractivity contribution in [2.75, 3.05) is 58.1 Å². The molecule has 3 saturated carbocycles. The molecule has 0 aromatic heterocycles. The van der Waals surface area contributed by atoms with Gasteiger partial charge in [-0.15, -0.1) is 0 Å². The van der Waals surface area contributed by atoms with Gasteiger partial charge in [0, 0.05) is 56.8 Å². The SMILES string of the molecule is CCCCCCCCCCCCCCCCCCNC(=O)[C@H](CS[C@@H]1CC[C@@]2(C)C(=CC[C@@H]3[C@]2(C)CC[C@]2(C)[C@@H]([C@H](C)CCCC(C)C)CC[C@@]32C)C1)NC(=O)CN(CCCN(CCCCN(CCCNC(=O)OC(C)(C)C)C(=O)OC(C)(C)C)C(=O)OC(C)(C)C)C(=O)OC(C)(C)C. The smallest absolute Gasteiger partial charge is 0.410 e. The normalized spacial score (nSPS) is 23.7. The van der Waals surface area contributed by atoms with Crippen LogP contribution in [0.25, 0.3) is 0 Å². The molecule has 4 aliphatic rings. The summed E-state index contributed by atoms with van der Waals surface area (Å²) in [5.41, 5.74) is -0.401. The minimum atomic E-state index is -0.857. The summed E-state index contributed by atoms with van der Waals surface area (Å²) in [4.78, 5) is 87.4. The third-order valence-electron chi connectivity index (χ3n) is 22.9. The van der Waals surface area contributed by atoms with Crippen LogP contribution in [-0.2, 0) is 28.5 Å². The van der Waals surface area contributed by atoms with Crippen molar-refractivity contribution in [2.45, 2.75) is 371 Å². The molecule has 17 heteroatoms. The summed E-state index contributed by atoms with van der Waals surface area (Å²) in [5.74, 6) is 2.71. The van der Waals surface area contributed by atoms with E-state index in [9.17, 15) is 28.8 Å². The van der Waals surface area contributed by atoms with Crippen molar-refractivity contribution in [1.29, 1.82) is 0 Å². The van der Waals surface area contributed by atoms with Gasteiger partial charge in [-0.2, -0.15) is 11.8 Å². The average Bonchev–Trinajstić information content (AvgIpc) is 1.65. The molecule has 0 spiro atoms. The molecule has 0 aromatic rings. The molecule has 6 amide bonds. The number of ether oxygens (including phenoxy) is 4. The molecular formula is C82H150N6O10S. The number of hydrogen-bond acceptors (Lipinski definition) is 11. The molecule has 0 unspecified atom stereocenters. The Morgan fingerprint density at radius 3 is 1.49 bits per heavy atom. The predicted molar refractivity (Wildman–Crippen MR) is 409 cm³/mol. The molecule has 0 aromatic carbocycles. The molecule has 3 N–H and O–H groups in total. The number of nitrogens with zero attached hydrogens (tertiary/aromatic N) is 3. The first-order valence-electron chi connectivity index (χ1n) is 40.0. The molecule has 3 fully saturated rings. The van der Waals surface area contributed by atoms with Crippen molar-refractivity contribution in [3.05, 3.63) is 11.6 Å². The molecule has 16 nitrogen and oxygen atoms in total. The highest BCUT2D eigenvalue weighted by atomic mass is 32.2. The van der Waals surface area contributed by atoms with Crippen LogP contribution in [0.15, 0.2) is 11.6 Å². The fourth-order valence-electron chi connectivity index (χ4n) is 17.1. The van der Waals surface area contributed by atoms with Crippen molar-refractivity contribution in [3.63, 3.8) is 0 Å². The molecule has 4 rings (SSSR count). The maximum absolute atomic E-state index is 14.6. The zero-order valence-electron chi connectivity index (χ0n) is 67.2. The number of allylic oxidation sites excluding steroid dienone is 2. The van der Waals surface area contributed by atoms with E-state index < -0.39 is 58.7 Å². The zero-order chi connectivity index (χ0) is 73.9. The number of alkyl carbamates (subject to hydrolysis) is 1. The highest BCUT2D eigenvalue weighted by Gasteiger charge is 2.69. The molecule has 0 radical (unpaired) electrons. The highest BCUT2D eigenvalue weighted by Crippen LogP contribution is 2.77. The Morgan fingerprint density at radius 2 is 0.980 bits per heavy atom. The number of nitrogens with one attached hydrogen (secondary N) is 3. The molecule has 574 valence electrons. The number of thioether (sulfide) groups is 1. The van der Waals surface area contributed by atoms with E-state index in [2.05, 4.69) is 77.4 Å². The van der Waals surface area contributed by atoms with E-state index in [1.54, 1.807) is 56.9 Å². The van der Waals surface area contributed by atoms with E-state index in [1.165, 1.54) is 133 Å². The van der Waals surface area contributed by atoms with Crippen LogP contribution in [0.4, 0.5) is 19.2 Å². The summed E-state index contributed by atoms with van der Waals surface area (Å²) in [5, 5.41) is 9.42. The Labute approximate surface area is 609 Å². The minimum Gasteiger partial charge on any atom is -0.444 e. The van der Waals surface area contributed by atoms with E-state index in [1.807, 2.05) is 53.3 Å². The van der Waals surface area contributed by atoms with Gasteiger partial charge in [0.05, 0.1) is 0 Å². The third-order valence-corrected chi connectivity index (χ3v) is 24.3. The van der Waals surface area contributed by atoms with E-state index in [0.29, 0.717) is 86.2 Å². The summed E-state index contributed by atoms with van der Waals surface area (Å²) in [6, 6.07) is -0.818. The third kappa shape index (κ3) is 29.6. The summed E-state index contributed by atoms with van der Waals surface area (Å²) >= 11 is 1.81. The van der Waals surface area contributed by atoms with Gasteiger partial charge in [0.25, 0.3) is 0 Å². The summed E-state index contributed by atoms with van der Waals surface area (Å²) in [7, 11) is 0. The Morgan fingerprint density at radius 1 is 0.515 bits per heavy atom. The van der Waals surface area contributed by atoms with Crippen LogP contribution in [0.2, 0.25) is 0 Å².